The van der Waals surface area contributed by atoms with E-state index < -0.39 is 5.91 Å². The topological polar surface area (TPSA) is 85.8 Å². The van der Waals surface area contributed by atoms with E-state index in [4.69, 9.17) is 5.73 Å². The number of pyridine rings is 1. The van der Waals surface area contributed by atoms with Crippen LogP contribution >= 0.6 is 0 Å². The first kappa shape index (κ1) is 11.1. The minimum Gasteiger partial charge on any atom is -0.368 e. The van der Waals surface area contributed by atoms with Crippen molar-refractivity contribution < 1.29 is 4.79 Å². The summed E-state index contributed by atoms with van der Waals surface area (Å²) in [6, 6.07) is 3.33. The van der Waals surface area contributed by atoms with Crippen molar-refractivity contribution in [1.82, 2.24) is 14.5 Å². The number of anilines is 1. The highest BCUT2D eigenvalue weighted by Crippen LogP contribution is 2.09. The van der Waals surface area contributed by atoms with E-state index in [0.717, 1.165) is 6.54 Å². The van der Waals surface area contributed by atoms with Crippen molar-refractivity contribution >= 4 is 11.7 Å². The monoisotopic (exact) mass is 231 g/mol. The molecule has 0 aromatic carbocycles. The molecule has 2 rings (SSSR count). The summed E-state index contributed by atoms with van der Waals surface area (Å²) in [7, 11) is 0. The molecule has 17 heavy (non-hydrogen) atoms. The maximum Gasteiger partial charge on any atom is 0.252 e. The SMILES string of the molecule is NC(=O)c1cccnc1NCCn1ccnc1. The highest BCUT2D eigenvalue weighted by Gasteiger charge is 2.07. The lowest BCUT2D eigenvalue weighted by Gasteiger charge is -2.08. The van der Waals surface area contributed by atoms with Gasteiger partial charge in [0.15, 0.2) is 0 Å². The summed E-state index contributed by atoms with van der Waals surface area (Å²) in [4.78, 5) is 19.2. The van der Waals surface area contributed by atoms with Crippen LogP contribution < -0.4 is 11.1 Å². The molecule has 0 atom stereocenters. The summed E-state index contributed by atoms with van der Waals surface area (Å²) in [5.41, 5.74) is 5.65. The number of imidazole rings is 1. The van der Waals surface area contributed by atoms with Gasteiger partial charge in [0.05, 0.1) is 11.9 Å². The minimum atomic E-state index is -0.483. The van der Waals surface area contributed by atoms with Crippen LogP contribution in [0.2, 0.25) is 0 Å². The Labute approximate surface area is 98.5 Å². The molecule has 88 valence electrons. The number of amides is 1. The van der Waals surface area contributed by atoms with Crippen LogP contribution in [0.4, 0.5) is 5.82 Å². The normalized spacial score (nSPS) is 10.1. The van der Waals surface area contributed by atoms with Gasteiger partial charge in [-0.1, -0.05) is 0 Å². The standard InChI is InChI=1S/C11H13N5O/c12-10(17)9-2-1-3-14-11(9)15-5-7-16-6-4-13-8-16/h1-4,6,8H,5,7H2,(H2,12,17)(H,14,15). The van der Waals surface area contributed by atoms with Crippen molar-refractivity contribution in [2.24, 2.45) is 5.73 Å². The fourth-order valence-corrected chi connectivity index (χ4v) is 1.47. The number of hydrogen-bond donors (Lipinski definition) is 2. The van der Waals surface area contributed by atoms with Crippen molar-refractivity contribution in [3.05, 3.63) is 42.6 Å². The predicted molar refractivity (Wildman–Crippen MR) is 63.5 cm³/mol. The van der Waals surface area contributed by atoms with Gasteiger partial charge in [-0.2, -0.15) is 0 Å². The molecule has 0 bridgehead atoms. The fraction of sp³-hybridized carbons (Fsp3) is 0.182. The molecule has 2 aromatic heterocycles. The van der Waals surface area contributed by atoms with Crippen molar-refractivity contribution in [2.75, 3.05) is 11.9 Å². The summed E-state index contributed by atoms with van der Waals surface area (Å²) in [6.45, 7) is 1.39. The van der Waals surface area contributed by atoms with Gasteiger partial charge >= 0.3 is 0 Å². The second-order valence-corrected chi connectivity index (χ2v) is 3.49. The zero-order chi connectivity index (χ0) is 12.1. The first-order valence-corrected chi connectivity index (χ1v) is 5.22. The molecule has 0 unspecified atom stereocenters. The zero-order valence-corrected chi connectivity index (χ0v) is 9.21. The average molecular weight is 231 g/mol. The van der Waals surface area contributed by atoms with Crippen LogP contribution in [0.3, 0.4) is 0 Å². The van der Waals surface area contributed by atoms with E-state index in [1.807, 2.05) is 10.8 Å². The summed E-state index contributed by atoms with van der Waals surface area (Å²) in [6.07, 6.45) is 6.94. The van der Waals surface area contributed by atoms with Gasteiger partial charge in [0, 0.05) is 31.7 Å². The number of nitrogens with one attached hydrogen (secondary N) is 1. The van der Waals surface area contributed by atoms with Crippen LogP contribution in [0.25, 0.3) is 0 Å². The number of aromatic nitrogens is 3. The highest BCUT2D eigenvalue weighted by molar-refractivity contribution is 5.97. The minimum absolute atomic E-state index is 0.401. The number of rotatable bonds is 5. The first-order chi connectivity index (χ1) is 8.27. The van der Waals surface area contributed by atoms with Gasteiger partial charge in [-0.15, -0.1) is 0 Å². The molecule has 0 saturated heterocycles. The molecule has 0 fully saturated rings. The van der Waals surface area contributed by atoms with E-state index in [9.17, 15) is 4.79 Å². The number of nitrogens with zero attached hydrogens (tertiary/aromatic N) is 3. The summed E-state index contributed by atoms with van der Waals surface area (Å²) in [5.74, 6) is 0.0309. The zero-order valence-electron chi connectivity index (χ0n) is 9.21. The average Bonchev–Trinajstić information content (AvgIpc) is 2.82. The van der Waals surface area contributed by atoms with Crippen molar-refractivity contribution in [2.45, 2.75) is 6.54 Å². The Morgan fingerprint density at radius 3 is 3.06 bits per heavy atom. The van der Waals surface area contributed by atoms with Gasteiger partial charge in [0.1, 0.15) is 5.82 Å². The van der Waals surface area contributed by atoms with Crippen molar-refractivity contribution in [3.8, 4) is 0 Å². The molecule has 6 nitrogen and oxygen atoms in total. The third-order valence-electron chi connectivity index (χ3n) is 2.29. The van der Waals surface area contributed by atoms with Crippen molar-refractivity contribution in [3.63, 3.8) is 0 Å². The molecular weight excluding hydrogens is 218 g/mol. The summed E-state index contributed by atoms with van der Waals surface area (Å²) in [5, 5.41) is 3.07. The molecule has 0 saturated carbocycles. The van der Waals surface area contributed by atoms with Gasteiger partial charge < -0.3 is 15.6 Å². The van der Waals surface area contributed by atoms with Crippen LogP contribution in [0.15, 0.2) is 37.1 Å². The molecule has 0 aliphatic rings. The van der Waals surface area contributed by atoms with Gasteiger partial charge in [-0.3, -0.25) is 4.79 Å². The van der Waals surface area contributed by atoms with Crippen LogP contribution in [0.5, 0.6) is 0 Å². The molecule has 0 radical (unpaired) electrons. The maximum absolute atomic E-state index is 11.1. The van der Waals surface area contributed by atoms with Gasteiger partial charge in [-0.05, 0) is 12.1 Å². The first-order valence-electron chi connectivity index (χ1n) is 5.22. The summed E-state index contributed by atoms with van der Waals surface area (Å²) < 4.78 is 1.93. The third kappa shape index (κ3) is 2.81. The van der Waals surface area contributed by atoms with E-state index in [-0.39, 0.29) is 0 Å². The molecule has 1 amide bonds. The van der Waals surface area contributed by atoms with Crippen molar-refractivity contribution in [1.29, 1.82) is 0 Å². The molecule has 0 spiro atoms. The maximum atomic E-state index is 11.1. The molecule has 0 aliphatic heterocycles. The summed E-state index contributed by atoms with van der Waals surface area (Å²) >= 11 is 0. The third-order valence-corrected chi connectivity index (χ3v) is 2.29. The molecular formula is C11H13N5O. The van der Waals surface area contributed by atoms with Crippen LogP contribution in [-0.2, 0) is 6.54 Å². The Balaban J connectivity index is 1.97. The number of nitrogens with two attached hydrogens (primary N) is 1. The molecule has 2 heterocycles. The Bertz CT molecular complexity index is 494. The number of carbonyl (C=O) groups excluding carboxylic acids is 1. The largest absolute Gasteiger partial charge is 0.368 e. The van der Waals surface area contributed by atoms with E-state index >= 15 is 0 Å². The second-order valence-electron chi connectivity index (χ2n) is 3.49. The van der Waals surface area contributed by atoms with E-state index in [1.54, 1.807) is 30.9 Å². The van der Waals surface area contributed by atoms with Gasteiger partial charge in [0.25, 0.3) is 5.91 Å². The lowest BCUT2D eigenvalue weighted by Crippen LogP contribution is -2.17. The van der Waals surface area contributed by atoms with Crippen LogP contribution in [-0.4, -0.2) is 27.0 Å². The van der Waals surface area contributed by atoms with E-state index in [0.29, 0.717) is 17.9 Å². The Morgan fingerprint density at radius 1 is 1.47 bits per heavy atom. The Kier molecular flexibility index (Phi) is 3.34. The number of hydrogen-bond acceptors (Lipinski definition) is 4. The predicted octanol–water partition coefficient (Wildman–Crippen LogP) is 0.489. The lowest BCUT2D eigenvalue weighted by molar-refractivity contribution is 0.100. The van der Waals surface area contributed by atoms with Crippen LogP contribution in [0, 0.1) is 0 Å². The quantitative estimate of drug-likeness (QED) is 0.784. The molecule has 0 aliphatic carbocycles. The van der Waals surface area contributed by atoms with Crippen LogP contribution in [0.1, 0.15) is 10.4 Å². The van der Waals surface area contributed by atoms with Gasteiger partial charge in [-0.25, -0.2) is 9.97 Å². The highest BCUT2D eigenvalue weighted by atomic mass is 16.1. The second kappa shape index (κ2) is 5.11. The van der Waals surface area contributed by atoms with E-state index in [2.05, 4.69) is 15.3 Å². The fourth-order valence-electron chi connectivity index (χ4n) is 1.47. The lowest BCUT2D eigenvalue weighted by atomic mass is 10.2. The number of primary amides is 1. The Hall–Kier alpha value is -2.37. The number of carbonyl (C=O) groups is 1. The van der Waals surface area contributed by atoms with Gasteiger partial charge in [0.2, 0.25) is 0 Å². The van der Waals surface area contributed by atoms with E-state index in [1.165, 1.54) is 0 Å². The molecule has 3 N–H and O–H groups in total. The Morgan fingerprint density at radius 2 is 2.35 bits per heavy atom. The molecule has 6 heteroatoms. The molecule has 2 aromatic rings. The smallest absolute Gasteiger partial charge is 0.252 e.